The molecule has 4 rings (SSSR count). The van der Waals surface area contributed by atoms with Crippen molar-refractivity contribution in [2.45, 2.75) is 12.3 Å². The van der Waals surface area contributed by atoms with Gasteiger partial charge < -0.3 is 19.5 Å². The van der Waals surface area contributed by atoms with Crippen molar-refractivity contribution < 1.29 is 37.0 Å². The Bertz CT molecular complexity index is 1420. The summed E-state index contributed by atoms with van der Waals surface area (Å²) < 4.78 is 56.3. The molecule has 1 amide bonds. The number of halogens is 4. The zero-order valence-corrected chi connectivity index (χ0v) is 19.5. The summed E-state index contributed by atoms with van der Waals surface area (Å²) >= 11 is 5.70. The maximum absolute atomic E-state index is 13.5. The highest BCUT2D eigenvalue weighted by Gasteiger charge is 2.35. The van der Waals surface area contributed by atoms with E-state index >= 15 is 0 Å². The molecule has 0 aromatic heterocycles. The number of fused-ring (bicyclic) bond motifs is 1. The van der Waals surface area contributed by atoms with Crippen molar-refractivity contribution in [1.82, 2.24) is 0 Å². The van der Waals surface area contributed by atoms with Gasteiger partial charge in [0.2, 0.25) is 12.9 Å². The SMILES string of the molecule is N#C/C(=C\c1ccc2c(c1)OCO2)C(=O)O[C@H](C(=O)Nc1ccc(Cl)cc1C(F)(F)F)c1ccccc1. The number of nitrogens with zero attached hydrogens (tertiary/aromatic N) is 1. The van der Waals surface area contributed by atoms with E-state index in [-0.39, 0.29) is 17.4 Å². The van der Waals surface area contributed by atoms with Crippen molar-refractivity contribution in [3.8, 4) is 17.6 Å². The topological polar surface area (TPSA) is 97.7 Å². The summed E-state index contributed by atoms with van der Waals surface area (Å²) in [5.74, 6) is -1.30. The van der Waals surface area contributed by atoms with Crippen LogP contribution in [0.3, 0.4) is 0 Å². The average molecular weight is 529 g/mol. The van der Waals surface area contributed by atoms with Gasteiger partial charge in [0.05, 0.1) is 11.3 Å². The summed E-state index contributed by atoms with van der Waals surface area (Å²) in [5, 5.41) is 11.5. The van der Waals surface area contributed by atoms with Crippen LogP contribution in [0.5, 0.6) is 11.5 Å². The van der Waals surface area contributed by atoms with Crippen LogP contribution in [-0.2, 0) is 20.5 Å². The third-order valence-corrected chi connectivity index (χ3v) is 5.39. The lowest BCUT2D eigenvalue weighted by molar-refractivity contribution is -0.150. The largest absolute Gasteiger partial charge is 0.454 e. The maximum atomic E-state index is 13.5. The molecule has 0 spiro atoms. The number of ether oxygens (including phenoxy) is 3. The average Bonchev–Trinajstić information content (AvgIpc) is 3.34. The monoisotopic (exact) mass is 528 g/mol. The van der Waals surface area contributed by atoms with Gasteiger partial charge in [0.15, 0.2) is 11.5 Å². The quantitative estimate of drug-likeness (QED) is 0.242. The molecule has 1 atom stereocenters. The fourth-order valence-corrected chi connectivity index (χ4v) is 3.61. The van der Waals surface area contributed by atoms with Crippen LogP contribution < -0.4 is 14.8 Å². The van der Waals surface area contributed by atoms with Crippen molar-refractivity contribution in [1.29, 1.82) is 5.26 Å². The van der Waals surface area contributed by atoms with E-state index in [0.29, 0.717) is 23.1 Å². The molecule has 7 nitrogen and oxygen atoms in total. The second kappa shape index (κ2) is 10.6. The second-order valence-corrected chi connectivity index (χ2v) is 8.09. The molecule has 1 aliphatic heterocycles. The maximum Gasteiger partial charge on any atom is 0.418 e. The fraction of sp³-hybridized carbons (Fsp3) is 0.115. The van der Waals surface area contributed by atoms with E-state index in [1.165, 1.54) is 24.3 Å². The van der Waals surface area contributed by atoms with Crippen LogP contribution >= 0.6 is 11.6 Å². The number of alkyl halides is 3. The van der Waals surface area contributed by atoms with E-state index in [0.717, 1.165) is 6.07 Å². The van der Waals surface area contributed by atoms with E-state index in [1.54, 1.807) is 42.5 Å². The Hall–Kier alpha value is -4.49. The number of hydrogen-bond donors (Lipinski definition) is 1. The standard InChI is InChI=1S/C26H16ClF3N2O5/c27-18-7-8-20(19(12-18)26(28,29)30)32-24(33)23(16-4-2-1-3-5-16)37-25(34)17(13-31)10-15-6-9-21-22(11-15)36-14-35-21/h1-12,23H,14H2,(H,32,33)/b17-10+/t23-/m0/s1. The minimum atomic E-state index is -4.81. The molecule has 3 aromatic rings. The predicted octanol–water partition coefficient (Wildman–Crippen LogP) is 5.92. The molecule has 188 valence electrons. The number of carbonyl (C=O) groups is 2. The van der Waals surface area contributed by atoms with Crippen LogP contribution in [0.15, 0.2) is 72.3 Å². The Kier molecular flexibility index (Phi) is 7.36. The Morgan fingerprint density at radius 2 is 1.78 bits per heavy atom. The summed E-state index contributed by atoms with van der Waals surface area (Å²) in [6.07, 6.45) is -5.25. The molecular formula is C26H16ClF3N2O5. The lowest BCUT2D eigenvalue weighted by atomic mass is 10.1. The van der Waals surface area contributed by atoms with Gasteiger partial charge in [0.25, 0.3) is 5.91 Å². The van der Waals surface area contributed by atoms with E-state index in [2.05, 4.69) is 5.32 Å². The molecular weight excluding hydrogens is 513 g/mol. The van der Waals surface area contributed by atoms with Gasteiger partial charge in [-0.3, -0.25) is 4.79 Å². The lowest BCUT2D eigenvalue weighted by Crippen LogP contribution is -2.27. The molecule has 3 aromatic carbocycles. The first-order valence-electron chi connectivity index (χ1n) is 10.6. The minimum absolute atomic E-state index is 0.0349. The summed E-state index contributed by atoms with van der Waals surface area (Å²) in [6.45, 7) is 0.0349. The number of anilines is 1. The third kappa shape index (κ3) is 6.02. The van der Waals surface area contributed by atoms with Crippen molar-refractivity contribution in [2.75, 3.05) is 12.1 Å². The second-order valence-electron chi connectivity index (χ2n) is 7.66. The fourth-order valence-electron chi connectivity index (χ4n) is 3.44. The van der Waals surface area contributed by atoms with Gasteiger partial charge in [-0.05, 0) is 42.0 Å². The Balaban J connectivity index is 1.62. The third-order valence-electron chi connectivity index (χ3n) is 5.16. The van der Waals surface area contributed by atoms with Crippen molar-refractivity contribution >= 4 is 35.2 Å². The smallest absolute Gasteiger partial charge is 0.418 e. The van der Waals surface area contributed by atoms with Crippen LogP contribution in [0.2, 0.25) is 5.02 Å². The molecule has 37 heavy (non-hydrogen) atoms. The number of carbonyl (C=O) groups excluding carboxylic acids is 2. The van der Waals surface area contributed by atoms with Crippen molar-refractivity contribution in [2.24, 2.45) is 0 Å². The minimum Gasteiger partial charge on any atom is -0.454 e. The Morgan fingerprint density at radius 1 is 1.05 bits per heavy atom. The lowest BCUT2D eigenvalue weighted by Gasteiger charge is -2.20. The summed E-state index contributed by atoms with van der Waals surface area (Å²) in [7, 11) is 0. The molecule has 11 heteroatoms. The number of rotatable bonds is 6. The summed E-state index contributed by atoms with van der Waals surface area (Å²) in [5.41, 5.74) is -1.59. The summed E-state index contributed by atoms with van der Waals surface area (Å²) in [6, 6.07) is 17.0. The molecule has 0 saturated carbocycles. The first-order chi connectivity index (χ1) is 17.7. The number of esters is 1. The summed E-state index contributed by atoms with van der Waals surface area (Å²) in [4.78, 5) is 26.0. The number of hydrogen-bond acceptors (Lipinski definition) is 6. The molecule has 0 unspecified atom stereocenters. The molecule has 1 heterocycles. The molecule has 1 N–H and O–H groups in total. The molecule has 1 aliphatic rings. The van der Waals surface area contributed by atoms with Gasteiger partial charge in [-0.1, -0.05) is 48.0 Å². The number of benzene rings is 3. The highest BCUT2D eigenvalue weighted by molar-refractivity contribution is 6.30. The van der Waals surface area contributed by atoms with Crippen molar-refractivity contribution in [3.05, 3.63) is 94.0 Å². The number of amides is 1. The zero-order valence-electron chi connectivity index (χ0n) is 18.7. The van der Waals surface area contributed by atoms with Crippen LogP contribution in [0.25, 0.3) is 6.08 Å². The van der Waals surface area contributed by atoms with Gasteiger partial charge >= 0.3 is 12.1 Å². The highest BCUT2D eigenvalue weighted by Crippen LogP contribution is 2.37. The molecule has 0 aliphatic carbocycles. The predicted molar refractivity (Wildman–Crippen MR) is 127 cm³/mol. The normalized spacial score (nSPS) is 13.4. The Morgan fingerprint density at radius 3 is 2.49 bits per heavy atom. The van der Waals surface area contributed by atoms with Gasteiger partial charge in [-0.25, -0.2) is 4.79 Å². The number of nitrogens with one attached hydrogen (secondary N) is 1. The highest BCUT2D eigenvalue weighted by atomic mass is 35.5. The van der Waals surface area contributed by atoms with E-state index in [4.69, 9.17) is 25.8 Å². The van der Waals surface area contributed by atoms with Crippen LogP contribution in [0.1, 0.15) is 22.8 Å². The van der Waals surface area contributed by atoms with Gasteiger partial charge in [-0.2, -0.15) is 18.4 Å². The van der Waals surface area contributed by atoms with Gasteiger partial charge in [-0.15, -0.1) is 0 Å². The first-order valence-corrected chi connectivity index (χ1v) is 11.0. The van der Waals surface area contributed by atoms with E-state index < -0.39 is 41.0 Å². The van der Waals surface area contributed by atoms with Crippen LogP contribution in [0.4, 0.5) is 18.9 Å². The molecule has 0 saturated heterocycles. The Labute approximate surface area is 213 Å². The molecule has 0 fully saturated rings. The van der Waals surface area contributed by atoms with Gasteiger partial charge in [0.1, 0.15) is 11.6 Å². The van der Waals surface area contributed by atoms with E-state index in [1.807, 2.05) is 0 Å². The van der Waals surface area contributed by atoms with Crippen LogP contribution in [-0.4, -0.2) is 18.7 Å². The van der Waals surface area contributed by atoms with Crippen molar-refractivity contribution in [3.63, 3.8) is 0 Å². The van der Waals surface area contributed by atoms with Gasteiger partial charge in [0, 0.05) is 10.6 Å². The van der Waals surface area contributed by atoms with E-state index in [9.17, 15) is 28.0 Å². The molecule has 0 bridgehead atoms. The zero-order chi connectivity index (χ0) is 26.6. The number of nitriles is 1. The van der Waals surface area contributed by atoms with Crippen LogP contribution in [0, 0.1) is 11.3 Å². The molecule has 0 radical (unpaired) electrons. The first kappa shape index (κ1) is 25.6.